The SMILES string of the molecule is CC(C)C(NC(=O)CN1CCCC1C(=O)O)c1ccc(F)cc1.Cl. The second kappa shape index (κ2) is 8.99. The van der Waals surface area contributed by atoms with Crippen LogP contribution in [0.3, 0.4) is 0 Å². The second-order valence-electron chi connectivity index (χ2n) is 6.31. The van der Waals surface area contributed by atoms with Gasteiger partial charge in [-0.15, -0.1) is 12.4 Å². The maximum Gasteiger partial charge on any atom is 0.320 e. The van der Waals surface area contributed by atoms with Crippen molar-refractivity contribution in [3.8, 4) is 0 Å². The Morgan fingerprint density at radius 1 is 1.33 bits per heavy atom. The van der Waals surface area contributed by atoms with E-state index in [9.17, 15) is 14.0 Å². The maximum atomic E-state index is 13.1. The van der Waals surface area contributed by atoms with Crippen LogP contribution in [0.5, 0.6) is 0 Å². The monoisotopic (exact) mass is 358 g/mol. The third-order valence-corrected chi connectivity index (χ3v) is 4.21. The Hall–Kier alpha value is -1.66. The minimum atomic E-state index is -0.880. The Kier molecular flexibility index (Phi) is 7.63. The molecular formula is C17H24ClFN2O3. The van der Waals surface area contributed by atoms with E-state index in [2.05, 4.69) is 5.32 Å². The van der Waals surface area contributed by atoms with Gasteiger partial charge in [-0.2, -0.15) is 0 Å². The summed E-state index contributed by atoms with van der Waals surface area (Å²) in [7, 11) is 0. The van der Waals surface area contributed by atoms with E-state index in [-0.39, 0.29) is 42.6 Å². The minimum Gasteiger partial charge on any atom is -0.480 e. The van der Waals surface area contributed by atoms with Crippen LogP contribution in [0.25, 0.3) is 0 Å². The number of hydrogen-bond donors (Lipinski definition) is 2. The molecule has 0 radical (unpaired) electrons. The van der Waals surface area contributed by atoms with Crippen molar-refractivity contribution in [2.24, 2.45) is 5.92 Å². The highest BCUT2D eigenvalue weighted by Gasteiger charge is 2.32. The predicted molar refractivity (Wildman–Crippen MR) is 91.6 cm³/mol. The molecule has 1 fully saturated rings. The number of rotatable bonds is 6. The van der Waals surface area contributed by atoms with E-state index in [1.165, 1.54) is 12.1 Å². The van der Waals surface area contributed by atoms with Crippen LogP contribution < -0.4 is 5.32 Å². The van der Waals surface area contributed by atoms with Gasteiger partial charge in [0.2, 0.25) is 5.91 Å². The maximum absolute atomic E-state index is 13.1. The molecule has 2 rings (SSSR count). The van der Waals surface area contributed by atoms with E-state index in [1.807, 2.05) is 13.8 Å². The van der Waals surface area contributed by atoms with Gasteiger partial charge in [-0.3, -0.25) is 14.5 Å². The smallest absolute Gasteiger partial charge is 0.320 e. The van der Waals surface area contributed by atoms with E-state index >= 15 is 0 Å². The van der Waals surface area contributed by atoms with Gasteiger partial charge < -0.3 is 10.4 Å². The van der Waals surface area contributed by atoms with Crippen LogP contribution in [0, 0.1) is 11.7 Å². The van der Waals surface area contributed by atoms with E-state index in [4.69, 9.17) is 5.11 Å². The first kappa shape index (κ1) is 20.4. The molecular weight excluding hydrogens is 335 g/mol. The van der Waals surface area contributed by atoms with Crippen molar-refractivity contribution in [2.45, 2.75) is 38.8 Å². The first-order valence-corrected chi connectivity index (χ1v) is 7.90. The summed E-state index contributed by atoms with van der Waals surface area (Å²) in [6.07, 6.45) is 1.37. The fourth-order valence-electron chi connectivity index (χ4n) is 3.00. The van der Waals surface area contributed by atoms with Crippen LogP contribution in [0.15, 0.2) is 24.3 Å². The lowest BCUT2D eigenvalue weighted by Crippen LogP contribution is -2.44. The highest BCUT2D eigenvalue weighted by atomic mass is 35.5. The van der Waals surface area contributed by atoms with Crippen LogP contribution in [-0.4, -0.2) is 41.0 Å². The summed E-state index contributed by atoms with van der Waals surface area (Å²) in [6, 6.07) is 5.26. The van der Waals surface area contributed by atoms with Crippen molar-refractivity contribution in [2.75, 3.05) is 13.1 Å². The first-order chi connectivity index (χ1) is 10.9. The average Bonchev–Trinajstić information content (AvgIpc) is 2.94. The van der Waals surface area contributed by atoms with E-state index in [1.54, 1.807) is 17.0 Å². The summed E-state index contributed by atoms with van der Waals surface area (Å²) in [5.74, 6) is -1.27. The number of benzene rings is 1. The Morgan fingerprint density at radius 2 is 1.96 bits per heavy atom. The molecule has 2 atom stereocenters. The van der Waals surface area contributed by atoms with Crippen LogP contribution in [0.2, 0.25) is 0 Å². The summed E-state index contributed by atoms with van der Waals surface area (Å²) >= 11 is 0. The number of amides is 1. The average molecular weight is 359 g/mol. The lowest BCUT2D eigenvalue weighted by Gasteiger charge is -2.26. The summed E-state index contributed by atoms with van der Waals surface area (Å²) in [5, 5.41) is 12.1. The van der Waals surface area contributed by atoms with Gasteiger partial charge in [0.15, 0.2) is 0 Å². The highest BCUT2D eigenvalue weighted by Crippen LogP contribution is 2.22. The number of carboxylic acids is 1. The van der Waals surface area contributed by atoms with Crippen molar-refractivity contribution in [3.63, 3.8) is 0 Å². The fraction of sp³-hybridized carbons (Fsp3) is 0.529. The lowest BCUT2D eigenvalue weighted by molar-refractivity contribution is -0.142. The van der Waals surface area contributed by atoms with Gasteiger partial charge >= 0.3 is 5.97 Å². The zero-order valence-electron chi connectivity index (χ0n) is 13.9. The molecule has 24 heavy (non-hydrogen) atoms. The van der Waals surface area contributed by atoms with E-state index in [0.29, 0.717) is 13.0 Å². The van der Waals surface area contributed by atoms with Gasteiger partial charge in [0.05, 0.1) is 12.6 Å². The molecule has 1 saturated heterocycles. The molecule has 0 aliphatic carbocycles. The topological polar surface area (TPSA) is 69.6 Å². The number of nitrogens with zero attached hydrogens (tertiary/aromatic N) is 1. The number of hydrogen-bond acceptors (Lipinski definition) is 3. The van der Waals surface area contributed by atoms with Gasteiger partial charge in [0.1, 0.15) is 11.9 Å². The molecule has 2 unspecified atom stereocenters. The summed E-state index contributed by atoms with van der Waals surface area (Å²) in [5.41, 5.74) is 0.839. The Bertz CT molecular complexity index is 565. The molecule has 2 N–H and O–H groups in total. The van der Waals surface area contributed by atoms with Gasteiger partial charge in [-0.25, -0.2) is 4.39 Å². The molecule has 0 saturated carbocycles. The van der Waals surface area contributed by atoms with Crippen LogP contribution in [-0.2, 0) is 9.59 Å². The number of halogens is 2. The lowest BCUT2D eigenvalue weighted by atomic mass is 9.96. The normalized spacial score (nSPS) is 18.9. The molecule has 5 nitrogen and oxygen atoms in total. The molecule has 1 heterocycles. The van der Waals surface area contributed by atoms with Crippen molar-refractivity contribution in [1.29, 1.82) is 0 Å². The molecule has 1 amide bonds. The Balaban J connectivity index is 0.00000288. The standard InChI is InChI=1S/C17H23FN2O3.ClH/c1-11(2)16(12-5-7-13(18)8-6-12)19-15(21)10-20-9-3-4-14(20)17(22)23;/h5-8,11,14,16H,3-4,9-10H2,1-2H3,(H,19,21)(H,22,23);1H. The molecule has 1 aliphatic heterocycles. The number of carbonyl (C=O) groups excluding carboxylic acids is 1. The van der Waals surface area contributed by atoms with Gasteiger partial charge in [0, 0.05) is 0 Å². The first-order valence-electron chi connectivity index (χ1n) is 7.90. The van der Waals surface area contributed by atoms with Crippen LogP contribution in [0.1, 0.15) is 38.3 Å². The predicted octanol–water partition coefficient (Wildman–Crippen LogP) is 2.61. The van der Waals surface area contributed by atoms with Crippen molar-refractivity contribution >= 4 is 24.3 Å². The number of aliphatic carboxylic acids is 1. The zero-order chi connectivity index (χ0) is 17.0. The summed E-state index contributed by atoms with van der Waals surface area (Å²) in [6.45, 7) is 4.64. The third-order valence-electron chi connectivity index (χ3n) is 4.21. The quantitative estimate of drug-likeness (QED) is 0.820. The number of carbonyl (C=O) groups is 2. The van der Waals surface area contributed by atoms with Crippen molar-refractivity contribution < 1.29 is 19.1 Å². The molecule has 0 spiro atoms. The number of nitrogens with one attached hydrogen (secondary N) is 1. The van der Waals surface area contributed by atoms with Crippen molar-refractivity contribution in [3.05, 3.63) is 35.6 Å². The molecule has 0 bridgehead atoms. The third kappa shape index (κ3) is 5.18. The highest BCUT2D eigenvalue weighted by molar-refractivity contribution is 5.85. The molecule has 134 valence electrons. The minimum absolute atomic E-state index is 0. The number of carboxylic acid groups (broad SMARTS) is 1. The number of likely N-dealkylation sites (tertiary alicyclic amines) is 1. The largest absolute Gasteiger partial charge is 0.480 e. The molecule has 1 aromatic rings. The fourth-order valence-corrected chi connectivity index (χ4v) is 3.00. The molecule has 7 heteroatoms. The molecule has 0 aromatic heterocycles. The van der Waals surface area contributed by atoms with E-state index < -0.39 is 12.0 Å². The Morgan fingerprint density at radius 3 is 2.50 bits per heavy atom. The van der Waals surface area contributed by atoms with Gasteiger partial charge in [0.25, 0.3) is 0 Å². The van der Waals surface area contributed by atoms with Crippen LogP contribution >= 0.6 is 12.4 Å². The molecule has 1 aromatic carbocycles. The van der Waals surface area contributed by atoms with Gasteiger partial charge in [-0.05, 0) is 43.0 Å². The summed E-state index contributed by atoms with van der Waals surface area (Å²) in [4.78, 5) is 25.2. The van der Waals surface area contributed by atoms with E-state index in [0.717, 1.165) is 12.0 Å². The molecule has 1 aliphatic rings. The second-order valence-corrected chi connectivity index (χ2v) is 6.31. The Labute approximate surface area is 147 Å². The van der Waals surface area contributed by atoms with Gasteiger partial charge in [-0.1, -0.05) is 26.0 Å². The van der Waals surface area contributed by atoms with Crippen molar-refractivity contribution in [1.82, 2.24) is 10.2 Å². The van der Waals surface area contributed by atoms with Crippen LogP contribution in [0.4, 0.5) is 4.39 Å². The zero-order valence-corrected chi connectivity index (χ0v) is 14.7. The summed E-state index contributed by atoms with van der Waals surface area (Å²) < 4.78 is 13.1.